The molecule has 2 rings (SSSR count). The van der Waals surface area contributed by atoms with Crippen LogP contribution in [0.3, 0.4) is 0 Å². The Kier molecular flexibility index (Phi) is 2.82. The molecule has 0 aliphatic carbocycles. The topological polar surface area (TPSA) is 135 Å². The van der Waals surface area contributed by atoms with E-state index in [1.807, 2.05) is 0 Å². The van der Waals surface area contributed by atoms with E-state index in [2.05, 4.69) is 15.0 Å². The highest BCUT2D eigenvalue weighted by Crippen LogP contribution is 2.35. The summed E-state index contributed by atoms with van der Waals surface area (Å²) in [7, 11) is 0. The lowest BCUT2D eigenvalue weighted by molar-refractivity contribution is -0.109. The van der Waals surface area contributed by atoms with Gasteiger partial charge >= 0.3 is 0 Å². The van der Waals surface area contributed by atoms with Gasteiger partial charge in [0.15, 0.2) is 11.5 Å². The fraction of sp³-hybridized carbons (Fsp3) is 0.625. The van der Waals surface area contributed by atoms with Crippen LogP contribution in [0.25, 0.3) is 0 Å². The molecule has 1 aromatic heterocycles. The predicted molar refractivity (Wildman–Crippen MR) is 49.7 cm³/mol. The Morgan fingerprint density at radius 3 is 2.50 bits per heavy atom. The number of hydrogen-bond acceptors (Lipinski definition) is 8. The van der Waals surface area contributed by atoms with Gasteiger partial charge in [0.25, 0.3) is 0 Å². The summed E-state index contributed by atoms with van der Waals surface area (Å²) in [5, 5.41) is 28.3. The fourth-order valence-electron chi connectivity index (χ4n) is 1.56. The fourth-order valence-corrected chi connectivity index (χ4v) is 1.56. The number of nitrogens with two attached hydrogens (primary N) is 1. The summed E-state index contributed by atoms with van der Waals surface area (Å²) in [6.45, 7) is -0.618. The zero-order chi connectivity index (χ0) is 11.8. The molecular weight excluding hydrogens is 216 g/mol. The molecule has 16 heavy (non-hydrogen) atoms. The highest BCUT2D eigenvalue weighted by atomic mass is 16.6. The van der Waals surface area contributed by atoms with Crippen molar-refractivity contribution < 1.29 is 20.1 Å². The third-order valence-corrected chi connectivity index (χ3v) is 2.50. The lowest BCUT2D eigenvalue weighted by atomic mass is 10.0. The summed E-state index contributed by atoms with van der Waals surface area (Å²) in [4.78, 5) is 11.2. The molecule has 0 aromatic carbocycles. The summed E-state index contributed by atoms with van der Waals surface area (Å²) in [5.41, 5.74) is 3.87. The van der Waals surface area contributed by atoms with Gasteiger partial charge in [-0.3, -0.25) is 5.73 Å². The summed E-state index contributed by atoms with van der Waals surface area (Å²) in [6.07, 6.45) is -1.20. The molecule has 0 spiro atoms. The van der Waals surface area contributed by atoms with Crippen LogP contribution >= 0.6 is 0 Å². The lowest BCUT2D eigenvalue weighted by Crippen LogP contribution is -2.54. The van der Waals surface area contributed by atoms with Crippen molar-refractivity contribution in [2.75, 3.05) is 6.61 Å². The Balaban J connectivity index is 2.26. The van der Waals surface area contributed by atoms with Gasteiger partial charge in [-0.05, 0) is 0 Å². The average Bonchev–Trinajstić information content (AvgIpc) is 2.56. The Hall–Kier alpha value is -1.19. The molecular formula is C8H12N4O4. The number of aromatic nitrogens is 3. The van der Waals surface area contributed by atoms with E-state index >= 15 is 0 Å². The van der Waals surface area contributed by atoms with Gasteiger partial charge in [0.1, 0.15) is 31.0 Å². The molecule has 2 heterocycles. The van der Waals surface area contributed by atoms with Crippen LogP contribution in [-0.4, -0.2) is 54.8 Å². The third-order valence-electron chi connectivity index (χ3n) is 2.50. The molecule has 1 fully saturated rings. The van der Waals surface area contributed by atoms with Gasteiger partial charge in [0, 0.05) is 0 Å². The van der Waals surface area contributed by atoms with Gasteiger partial charge in [-0.15, -0.1) is 0 Å². The molecule has 0 amide bonds. The van der Waals surface area contributed by atoms with Crippen molar-refractivity contribution in [3.8, 4) is 0 Å². The van der Waals surface area contributed by atoms with Crippen LogP contribution in [0.1, 0.15) is 11.9 Å². The summed E-state index contributed by atoms with van der Waals surface area (Å²) >= 11 is 0. The van der Waals surface area contributed by atoms with Crippen LogP contribution in [0.4, 0.5) is 0 Å². The first-order chi connectivity index (χ1) is 7.58. The number of nitrogens with zero attached hydrogens (tertiary/aromatic N) is 3. The zero-order valence-electron chi connectivity index (χ0n) is 8.26. The van der Waals surface area contributed by atoms with Crippen LogP contribution in [-0.2, 0) is 4.74 Å². The molecule has 1 saturated heterocycles. The van der Waals surface area contributed by atoms with Gasteiger partial charge in [-0.2, -0.15) is 0 Å². The number of ether oxygens (including phenoxy) is 1. The van der Waals surface area contributed by atoms with Gasteiger partial charge < -0.3 is 20.1 Å². The zero-order valence-corrected chi connectivity index (χ0v) is 8.26. The average molecular weight is 228 g/mol. The molecule has 0 saturated carbocycles. The van der Waals surface area contributed by atoms with Crippen molar-refractivity contribution in [1.29, 1.82) is 0 Å². The Morgan fingerprint density at radius 1 is 1.38 bits per heavy atom. The SMILES string of the molecule is N[C@]1(CO)O[C@@H](c2ncncn2)[C@H](O)[C@@H]1O. The van der Waals surface area contributed by atoms with Crippen molar-refractivity contribution in [1.82, 2.24) is 15.0 Å². The van der Waals surface area contributed by atoms with E-state index in [0.717, 1.165) is 0 Å². The van der Waals surface area contributed by atoms with Gasteiger partial charge in [-0.1, -0.05) is 0 Å². The number of rotatable bonds is 2. The van der Waals surface area contributed by atoms with Crippen molar-refractivity contribution in [2.24, 2.45) is 5.73 Å². The third kappa shape index (κ3) is 1.66. The molecule has 5 N–H and O–H groups in total. The van der Waals surface area contributed by atoms with Gasteiger partial charge in [-0.25, -0.2) is 15.0 Å². The molecule has 1 aliphatic rings. The second kappa shape index (κ2) is 4.00. The second-order valence-corrected chi connectivity index (χ2v) is 3.58. The molecule has 0 radical (unpaired) electrons. The van der Waals surface area contributed by atoms with E-state index in [-0.39, 0.29) is 5.82 Å². The molecule has 1 aliphatic heterocycles. The number of hydrogen-bond donors (Lipinski definition) is 4. The first-order valence-corrected chi connectivity index (χ1v) is 4.64. The molecule has 8 nitrogen and oxygen atoms in total. The van der Waals surface area contributed by atoms with E-state index in [9.17, 15) is 10.2 Å². The largest absolute Gasteiger partial charge is 0.392 e. The van der Waals surface area contributed by atoms with Crippen molar-refractivity contribution >= 4 is 0 Å². The maximum atomic E-state index is 9.71. The van der Waals surface area contributed by atoms with Crippen molar-refractivity contribution in [3.63, 3.8) is 0 Å². The van der Waals surface area contributed by atoms with Crippen molar-refractivity contribution in [3.05, 3.63) is 18.5 Å². The van der Waals surface area contributed by atoms with Crippen LogP contribution in [0.15, 0.2) is 12.7 Å². The maximum Gasteiger partial charge on any atom is 0.169 e. The maximum absolute atomic E-state index is 9.71. The highest BCUT2D eigenvalue weighted by molar-refractivity contribution is 5.05. The molecule has 88 valence electrons. The Morgan fingerprint density at radius 2 is 2.00 bits per heavy atom. The predicted octanol–water partition coefficient (Wildman–Crippen LogP) is -2.69. The van der Waals surface area contributed by atoms with E-state index < -0.39 is 30.6 Å². The minimum absolute atomic E-state index is 0.155. The van der Waals surface area contributed by atoms with Gasteiger partial charge in [0.2, 0.25) is 0 Å². The smallest absolute Gasteiger partial charge is 0.169 e. The molecule has 8 heteroatoms. The first-order valence-electron chi connectivity index (χ1n) is 4.64. The highest BCUT2D eigenvalue weighted by Gasteiger charge is 2.53. The monoisotopic (exact) mass is 228 g/mol. The second-order valence-electron chi connectivity index (χ2n) is 3.58. The van der Waals surface area contributed by atoms with E-state index in [0.29, 0.717) is 0 Å². The molecule has 0 unspecified atom stereocenters. The van der Waals surface area contributed by atoms with Crippen LogP contribution in [0.2, 0.25) is 0 Å². The van der Waals surface area contributed by atoms with Crippen LogP contribution < -0.4 is 5.73 Å². The number of aliphatic hydroxyl groups excluding tert-OH is 3. The molecule has 1 aromatic rings. The van der Waals surface area contributed by atoms with Crippen LogP contribution in [0.5, 0.6) is 0 Å². The summed E-state index contributed by atoms with van der Waals surface area (Å²) in [5.74, 6) is 0.155. The van der Waals surface area contributed by atoms with E-state index in [1.165, 1.54) is 12.7 Å². The summed E-state index contributed by atoms with van der Waals surface area (Å²) in [6, 6.07) is 0. The first kappa shape index (κ1) is 11.3. The molecule has 0 bridgehead atoms. The minimum Gasteiger partial charge on any atom is -0.392 e. The lowest BCUT2D eigenvalue weighted by Gasteiger charge is -2.24. The Labute approximate surface area is 90.7 Å². The van der Waals surface area contributed by atoms with Gasteiger partial charge in [0.05, 0.1) is 6.61 Å². The Bertz CT molecular complexity index is 364. The van der Waals surface area contributed by atoms with E-state index in [4.69, 9.17) is 15.6 Å². The van der Waals surface area contributed by atoms with E-state index in [1.54, 1.807) is 0 Å². The normalized spacial score (nSPS) is 38.9. The summed E-state index contributed by atoms with van der Waals surface area (Å²) < 4.78 is 5.18. The quantitative estimate of drug-likeness (QED) is 0.430. The minimum atomic E-state index is -1.70. The van der Waals surface area contributed by atoms with Crippen molar-refractivity contribution in [2.45, 2.75) is 24.0 Å². The number of aliphatic hydroxyl groups is 3. The standard InChI is InChI=1S/C8H12N4O4/c9-8(1-13)6(15)4(14)5(16-8)7-11-2-10-3-12-7/h2-6,13-15H,1,9H2/t4-,5+,6-,8+/m0/s1. The molecule has 4 atom stereocenters. The van der Waals surface area contributed by atoms with Crippen LogP contribution in [0, 0.1) is 0 Å².